The summed E-state index contributed by atoms with van der Waals surface area (Å²) in [5.74, 6) is 0.946. The second kappa shape index (κ2) is 5.54. The molecule has 0 radical (unpaired) electrons. The molecule has 1 saturated heterocycles. The number of fused-ring (bicyclic) bond motifs is 1. The minimum absolute atomic E-state index is 0.796. The quantitative estimate of drug-likeness (QED) is 0.651. The number of hydrogen-bond donors (Lipinski definition) is 0. The van der Waals surface area contributed by atoms with Crippen LogP contribution in [0, 0.1) is 5.92 Å². The van der Waals surface area contributed by atoms with Crippen molar-refractivity contribution in [1.82, 2.24) is 0 Å². The molecule has 0 amide bonds. The molecule has 1 heterocycles. The lowest BCUT2D eigenvalue weighted by molar-refractivity contribution is 0.342. The SMILES string of the molecule is BrCc1ccc(N2CCC3CCCCC32)c(Br)c1. The van der Waals surface area contributed by atoms with Crippen molar-refractivity contribution in [3.05, 3.63) is 28.2 Å². The molecule has 1 aliphatic heterocycles. The lowest BCUT2D eigenvalue weighted by atomic mass is 9.85. The number of alkyl halides is 1. The molecule has 0 aromatic heterocycles. The third kappa shape index (κ3) is 2.36. The van der Waals surface area contributed by atoms with E-state index in [4.69, 9.17) is 0 Å². The molecule has 0 N–H and O–H groups in total. The van der Waals surface area contributed by atoms with E-state index >= 15 is 0 Å². The Balaban J connectivity index is 1.86. The maximum Gasteiger partial charge on any atom is 0.0513 e. The van der Waals surface area contributed by atoms with Crippen molar-refractivity contribution in [2.45, 2.75) is 43.5 Å². The van der Waals surface area contributed by atoms with Crippen molar-refractivity contribution >= 4 is 37.5 Å². The van der Waals surface area contributed by atoms with Crippen molar-refractivity contribution in [3.63, 3.8) is 0 Å². The molecule has 0 bridgehead atoms. The minimum atomic E-state index is 0.796. The van der Waals surface area contributed by atoms with Gasteiger partial charge in [0.1, 0.15) is 0 Å². The Bertz CT molecular complexity index is 433. The Kier molecular flexibility index (Phi) is 4.00. The molecule has 1 aromatic rings. The smallest absolute Gasteiger partial charge is 0.0513 e. The van der Waals surface area contributed by atoms with Crippen LogP contribution in [0.5, 0.6) is 0 Å². The van der Waals surface area contributed by atoms with E-state index in [1.165, 1.54) is 54.4 Å². The van der Waals surface area contributed by atoms with E-state index < -0.39 is 0 Å². The van der Waals surface area contributed by atoms with Crippen LogP contribution < -0.4 is 4.90 Å². The molecule has 18 heavy (non-hydrogen) atoms. The maximum absolute atomic E-state index is 3.75. The van der Waals surface area contributed by atoms with Crippen LogP contribution in [-0.2, 0) is 5.33 Å². The summed E-state index contributed by atoms with van der Waals surface area (Å²) in [5, 5.41) is 0.929. The highest BCUT2D eigenvalue weighted by atomic mass is 79.9. The first-order valence-corrected chi connectivity index (χ1v) is 8.82. The summed E-state index contributed by atoms with van der Waals surface area (Å²) in [6.45, 7) is 1.24. The summed E-state index contributed by atoms with van der Waals surface area (Å²) in [7, 11) is 0. The number of benzene rings is 1. The Morgan fingerprint density at radius 1 is 1.17 bits per heavy atom. The zero-order valence-electron chi connectivity index (χ0n) is 10.5. The Morgan fingerprint density at radius 2 is 2.00 bits per heavy atom. The summed E-state index contributed by atoms with van der Waals surface area (Å²) >= 11 is 7.27. The summed E-state index contributed by atoms with van der Waals surface area (Å²) in [5.41, 5.74) is 2.74. The molecular formula is C15H19Br2N. The van der Waals surface area contributed by atoms with Gasteiger partial charge >= 0.3 is 0 Å². The number of rotatable bonds is 2. The first-order valence-electron chi connectivity index (χ1n) is 6.90. The predicted molar refractivity (Wildman–Crippen MR) is 84.5 cm³/mol. The molecule has 1 saturated carbocycles. The summed E-state index contributed by atoms with van der Waals surface area (Å²) in [6, 6.07) is 7.58. The first kappa shape index (κ1) is 13.0. The molecule has 1 nitrogen and oxygen atoms in total. The van der Waals surface area contributed by atoms with Crippen molar-refractivity contribution in [2.75, 3.05) is 11.4 Å². The second-order valence-electron chi connectivity index (χ2n) is 5.51. The number of hydrogen-bond acceptors (Lipinski definition) is 1. The first-order chi connectivity index (χ1) is 8.79. The standard InChI is InChI=1S/C15H19Br2N/c16-10-11-5-6-15(13(17)9-11)18-8-7-12-3-1-2-4-14(12)18/h5-6,9,12,14H,1-4,7-8,10H2. The van der Waals surface area contributed by atoms with Crippen LogP contribution in [0.2, 0.25) is 0 Å². The zero-order chi connectivity index (χ0) is 12.5. The molecule has 1 aromatic carbocycles. The van der Waals surface area contributed by atoms with E-state index in [1.807, 2.05) is 0 Å². The van der Waals surface area contributed by atoms with Gasteiger partial charge in [-0.25, -0.2) is 0 Å². The van der Waals surface area contributed by atoms with E-state index in [9.17, 15) is 0 Å². The van der Waals surface area contributed by atoms with E-state index in [2.05, 4.69) is 55.0 Å². The van der Waals surface area contributed by atoms with Crippen molar-refractivity contribution in [3.8, 4) is 0 Å². The Morgan fingerprint density at radius 3 is 2.78 bits per heavy atom. The lowest BCUT2D eigenvalue weighted by Crippen LogP contribution is -2.34. The van der Waals surface area contributed by atoms with Gasteiger partial charge in [0, 0.05) is 22.4 Å². The van der Waals surface area contributed by atoms with Gasteiger partial charge in [-0.05, 0) is 58.8 Å². The average Bonchev–Trinajstić information content (AvgIpc) is 2.82. The third-order valence-corrected chi connectivity index (χ3v) is 5.77. The number of nitrogens with zero attached hydrogens (tertiary/aromatic N) is 1. The van der Waals surface area contributed by atoms with Crippen LogP contribution in [0.15, 0.2) is 22.7 Å². The van der Waals surface area contributed by atoms with E-state index in [1.54, 1.807) is 0 Å². The molecule has 0 spiro atoms. The average molecular weight is 373 g/mol. The number of halogens is 2. The van der Waals surface area contributed by atoms with Crippen LogP contribution in [0.4, 0.5) is 5.69 Å². The van der Waals surface area contributed by atoms with E-state index in [-0.39, 0.29) is 0 Å². The van der Waals surface area contributed by atoms with Crippen LogP contribution in [-0.4, -0.2) is 12.6 Å². The van der Waals surface area contributed by atoms with Crippen LogP contribution >= 0.6 is 31.9 Å². The fraction of sp³-hybridized carbons (Fsp3) is 0.600. The Labute approximate surface area is 126 Å². The van der Waals surface area contributed by atoms with Crippen LogP contribution in [0.25, 0.3) is 0 Å². The van der Waals surface area contributed by atoms with Crippen molar-refractivity contribution in [2.24, 2.45) is 5.92 Å². The summed E-state index contributed by atoms with van der Waals surface area (Å²) < 4.78 is 1.26. The molecule has 2 unspecified atom stereocenters. The molecule has 98 valence electrons. The monoisotopic (exact) mass is 371 g/mol. The summed E-state index contributed by atoms with van der Waals surface area (Å²) in [4.78, 5) is 2.64. The highest BCUT2D eigenvalue weighted by Crippen LogP contribution is 2.41. The molecule has 2 fully saturated rings. The topological polar surface area (TPSA) is 3.24 Å². The van der Waals surface area contributed by atoms with Gasteiger partial charge in [0.15, 0.2) is 0 Å². The van der Waals surface area contributed by atoms with Gasteiger partial charge in [-0.15, -0.1) is 0 Å². The fourth-order valence-electron chi connectivity index (χ4n) is 3.57. The maximum atomic E-state index is 3.75. The molecule has 1 aliphatic carbocycles. The highest BCUT2D eigenvalue weighted by Gasteiger charge is 2.36. The molecule has 2 atom stereocenters. The van der Waals surface area contributed by atoms with Crippen molar-refractivity contribution in [1.29, 1.82) is 0 Å². The minimum Gasteiger partial charge on any atom is -0.367 e. The van der Waals surface area contributed by atoms with Crippen LogP contribution in [0.3, 0.4) is 0 Å². The second-order valence-corrected chi connectivity index (χ2v) is 6.93. The van der Waals surface area contributed by atoms with Crippen LogP contribution in [0.1, 0.15) is 37.7 Å². The molecular weight excluding hydrogens is 354 g/mol. The zero-order valence-corrected chi connectivity index (χ0v) is 13.7. The number of anilines is 1. The van der Waals surface area contributed by atoms with Gasteiger partial charge in [-0.2, -0.15) is 0 Å². The molecule has 3 heteroatoms. The van der Waals surface area contributed by atoms with Gasteiger partial charge in [0.2, 0.25) is 0 Å². The summed E-state index contributed by atoms with van der Waals surface area (Å²) in [6.07, 6.45) is 7.07. The molecule has 2 aliphatic rings. The van der Waals surface area contributed by atoms with Gasteiger partial charge in [-0.3, -0.25) is 0 Å². The third-order valence-electron chi connectivity index (χ3n) is 4.49. The van der Waals surface area contributed by atoms with Gasteiger partial charge in [0.25, 0.3) is 0 Å². The van der Waals surface area contributed by atoms with Crippen molar-refractivity contribution < 1.29 is 0 Å². The predicted octanol–water partition coefficient (Wildman–Crippen LogP) is 5.11. The van der Waals surface area contributed by atoms with Gasteiger partial charge < -0.3 is 4.90 Å². The largest absolute Gasteiger partial charge is 0.367 e. The molecule has 3 rings (SSSR count). The lowest BCUT2D eigenvalue weighted by Gasteiger charge is -2.33. The van der Waals surface area contributed by atoms with Gasteiger partial charge in [0.05, 0.1) is 5.69 Å². The normalized spacial score (nSPS) is 27.3. The highest BCUT2D eigenvalue weighted by molar-refractivity contribution is 9.10. The van der Waals surface area contributed by atoms with Gasteiger partial charge in [-0.1, -0.05) is 34.8 Å². The van der Waals surface area contributed by atoms with E-state index in [0.717, 1.165) is 17.3 Å². The Hall–Kier alpha value is -0.0200. The fourth-order valence-corrected chi connectivity index (χ4v) is 4.57. The van der Waals surface area contributed by atoms with E-state index in [0.29, 0.717) is 0 Å².